The lowest BCUT2D eigenvalue weighted by atomic mass is 10.1. The Morgan fingerprint density at radius 3 is 2.38 bits per heavy atom. The van der Waals surface area contributed by atoms with E-state index in [9.17, 15) is 9.59 Å². The number of hydrogen-bond acceptors (Lipinski definition) is 3. The van der Waals surface area contributed by atoms with Crippen molar-refractivity contribution in [3.05, 3.63) is 29.6 Å². The van der Waals surface area contributed by atoms with Gasteiger partial charge in [0, 0.05) is 23.9 Å². The summed E-state index contributed by atoms with van der Waals surface area (Å²) >= 11 is 0. The lowest BCUT2D eigenvalue weighted by molar-refractivity contribution is -0.116. The van der Waals surface area contributed by atoms with Gasteiger partial charge in [0.15, 0.2) is 5.78 Å². The van der Waals surface area contributed by atoms with Crippen LogP contribution in [-0.4, -0.2) is 16.6 Å². The number of rotatable bonds is 3. The lowest BCUT2D eigenvalue weighted by Crippen LogP contribution is -2.00. The van der Waals surface area contributed by atoms with Gasteiger partial charge in [-0.05, 0) is 26.0 Å². The van der Waals surface area contributed by atoms with E-state index < -0.39 is 0 Å². The SMILES string of the molecule is CC(=O)Cc1ccc(C(C)=O)cn1. The van der Waals surface area contributed by atoms with Crippen molar-refractivity contribution in [3.63, 3.8) is 0 Å². The fourth-order valence-corrected chi connectivity index (χ4v) is 0.992. The smallest absolute Gasteiger partial charge is 0.161 e. The third-order valence-corrected chi connectivity index (χ3v) is 1.66. The van der Waals surface area contributed by atoms with Gasteiger partial charge in [-0.25, -0.2) is 0 Å². The Kier molecular flexibility index (Phi) is 2.90. The van der Waals surface area contributed by atoms with Crippen LogP contribution in [0, 0.1) is 0 Å². The van der Waals surface area contributed by atoms with E-state index in [2.05, 4.69) is 4.98 Å². The van der Waals surface area contributed by atoms with Crippen LogP contribution in [0.3, 0.4) is 0 Å². The first-order valence-electron chi connectivity index (χ1n) is 4.05. The van der Waals surface area contributed by atoms with E-state index in [0.29, 0.717) is 17.7 Å². The topological polar surface area (TPSA) is 47.0 Å². The summed E-state index contributed by atoms with van der Waals surface area (Å²) in [6.45, 7) is 3.00. The van der Waals surface area contributed by atoms with Gasteiger partial charge in [0.05, 0.1) is 0 Å². The number of carbonyl (C=O) groups is 2. The largest absolute Gasteiger partial charge is 0.300 e. The summed E-state index contributed by atoms with van der Waals surface area (Å²) in [5.74, 6) is 0.0601. The summed E-state index contributed by atoms with van der Waals surface area (Å²) in [6, 6.07) is 3.39. The fourth-order valence-electron chi connectivity index (χ4n) is 0.992. The summed E-state index contributed by atoms with van der Waals surface area (Å²) in [5.41, 5.74) is 1.28. The maximum atomic E-state index is 10.9. The molecule has 0 aliphatic rings. The van der Waals surface area contributed by atoms with Crippen molar-refractivity contribution in [1.29, 1.82) is 0 Å². The second-order valence-electron chi connectivity index (χ2n) is 2.97. The fraction of sp³-hybridized carbons (Fsp3) is 0.300. The third-order valence-electron chi connectivity index (χ3n) is 1.66. The van der Waals surface area contributed by atoms with Crippen molar-refractivity contribution >= 4 is 11.6 Å². The zero-order valence-corrected chi connectivity index (χ0v) is 7.70. The number of Topliss-reactive ketones (excluding diaryl/α,β-unsaturated/α-hetero) is 2. The monoisotopic (exact) mass is 177 g/mol. The number of nitrogens with zero attached hydrogens (tertiary/aromatic N) is 1. The van der Waals surface area contributed by atoms with Crippen LogP contribution in [0.5, 0.6) is 0 Å². The van der Waals surface area contributed by atoms with Crippen LogP contribution in [0.2, 0.25) is 0 Å². The van der Waals surface area contributed by atoms with Gasteiger partial charge >= 0.3 is 0 Å². The minimum Gasteiger partial charge on any atom is -0.300 e. The third kappa shape index (κ3) is 2.78. The molecule has 0 N–H and O–H groups in total. The summed E-state index contributed by atoms with van der Waals surface area (Å²) in [4.78, 5) is 25.6. The number of carbonyl (C=O) groups excluding carboxylic acids is 2. The lowest BCUT2D eigenvalue weighted by Gasteiger charge is -1.97. The molecule has 0 aliphatic carbocycles. The minimum absolute atomic E-state index is 0.0122. The van der Waals surface area contributed by atoms with Crippen molar-refractivity contribution in [3.8, 4) is 0 Å². The van der Waals surface area contributed by atoms with E-state index in [1.807, 2.05) is 0 Å². The molecule has 1 aromatic rings. The molecular formula is C10H11NO2. The van der Waals surface area contributed by atoms with E-state index >= 15 is 0 Å². The standard InChI is InChI=1S/C10H11NO2/c1-7(12)5-10-4-3-9(6-11-10)8(2)13/h3-4,6H,5H2,1-2H3. The summed E-state index contributed by atoms with van der Waals surface area (Å²) in [6.07, 6.45) is 1.83. The molecule has 0 fully saturated rings. The average molecular weight is 177 g/mol. The molecule has 1 heterocycles. The molecule has 0 spiro atoms. The Hall–Kier alpha value is -1.51. The highest BCUT2D eigenvalue weighted by atomic mass is 16.1. The highest BCUT2D eigenvalue weighted by Crippen LogP contribution is 2.02. The molecule has 0 bridgehead atoms. The molecule has 0 unspecified atom stereocenters. The number of hydrogen-bond donors (Lipinski definition) is 0. The first-order chi connectivity index (χ1) is 6.09. The predicted octanol–water partition coefficient (Wildman–Crippen LogP) is 1.42. The molecule has 3 heteroatoms. The Morgan fingerprint density at radius 1 is 1.31 bits per heavy atom. The van der Waals surface area contributed by atoms with Crippen molar-refractivity contribution in [1.82, 2.24) is 4.98 Å². The van der Waals surface area contributed by atoms with E-state index in [-0.39, 0.29) is 11.6 Å². The zero-order chi connectivity index (χ0) is 9.84. The highest BCUT2D eigenvalue weighted by molar-refractivity contribution is 5.93. The van der Waals surface area contributed by atoms with Crippen LogP contribution in [0.4, 0.5) is 0 Å². The molecule has 0 atom stereocenters. The molecule has 0 aromatic carbocycles. The van der Waals surface area contributed by atoms with Crippen LogP contribution >= 0.6 is 0 Å². The molecule has 0 saturated heterocycles. The van der Waals surface area contributed by atoms with Crippen molar-refractivity contribution in [2.24, 2.45) is 0 Å². The number of ketones is 2. The van der Waals surface area contributed by atoms with E-state index in [1.54, 1.807) is 12.1 Å². The summed E-state index contributed by atoms with van der Waals surface area (Å²) in [5, 5.41) is 0. The van der Waals surface area contributed by atoms with Crippen molar-refractivity contribution < 1.29 is 9.59 Å². The summed E-state index contributed by atoms with van der Waals surface area (Å²) < 4.78 is 0. The number of aromatic nitrogens is 1. The Balaban J connectivity index is 2.81. The first-order valence-corrected chi connectivity index (χ1v) is 4.05. The van der Waals surface area contributed by atoms with E-state index in [0.717, 1.165) is 0 Å². The van der Waals surface area contributed by atoms with Gasteiger partial charge in [0.25, 0.3) is 0 Å². The second kappa shape index (κ2) is 3.94. The minimum atomic E-state index is -0.0122. The van der Waals surface area contributed by atoms with Gasteiger partial charge in [0.2, 0.25) is 0 Å². The molecule has 0 aliphatic heterocycles. The van der Waals surface area contributed by atoms with Crippen LogP contribution < -0.4 is 0 Å². The molecule has 68 valence electrons. The summed E-state index contributed by atoms with van der Waals surface area (Å²) in [7, 11) is 0. The van der Waals surface area contributed by atoms with Crippen LogP contribution in [0.15, 0.2) is 18.3 Å². The van der Waals surface area contributed by atoms with Crippen molar-refractivity contribution in [2.45, 2.75) is 20.3 Å². The van der Waals surface area contributed by atoms with Gasteiger partial charge in [-0.1, -0.05) is 0 Å². The van der Waals surface area contributed by atoms with Crippen LogP contribution in [-0.2, 0) is 11.2 Å². The van der Waals surface area contributed by atoms with Gasteiger partial charge in [-0.3, -0.25) is 14.6 Å². The van der Waals surface area contributed by atoms with Gasteiger partial charge < -0.3 is 0 Å². The van der Waals surface area contributed by atoms with E-state index in [1.165, 1.54) is 20.0 Å². The molecule has 0 amide bonds. The zero-order valence-electron chi connectivity index (χ0n) is 7.70. The predicted molar refractivity (Wildman–Crippen MR) is 48.6 cm³/mol. The van der Waals surface area contributed by atoms with Gasteiger partial charge in [0.1, 0.15) is 5.78 Å². The molecule has 0 radical (unpaired) electrons. The Labute approximate surface area is 76.8 Å². The number of pyridine rings is 1. The molecular weight excluding hydrogens is 166 g/mol. The molecule has 1 rings (SSSR count). The molecule has 0 saturated carbocycles. The normalized spacial score (nSPS) is 9.69. The van der Waals surface area contributed by atoms with E-state index in [4.69, 9.17) is 0 Å². The Morgan fingerprint density at radius 2 is 2.00 bits per heavy atom. The van der Waals surface area contributed by atoms with Gasteiger partial charge in [-0.15, -0.1) is 0 Å². The van der Waals surface area contributed by atoms with Crippen LogP contribution in [0.25, 0.3) is 0 Å². The Bertz CT molecular complexity index is 327. The maximum Gasteiger partial charge on any atom is 0.161 e. The van der Waals surface area contributed by atoms with Crippen molar-refractivity contribution in [2.75, 3.05) is 0 Å². The molecule has 1 aromatic heterocycles. The first kappa shape index (κ1) is 9.58. The highest BCUT2D eigenvalue weighted by Gasteiger charge is 2.01. The van der Waals surface area contributed by atoms with Crippen LogP contribution in [0.1, 0.15) is 29.9 Å². The average Bonchev–Trinajstić information content (AvgIpc) is 2.04. The molecule has 13 heavy (non-hydrogen) atoms. The second-order valence-corrected chi connectivity index (χ2v) is 2.97. The van der Waals surface area contributed by atoms with Gasteiger partial charge in [-0.2, -0.15) is 0 Å². The quantitative estimate of drug-likeness (QED) is 0.656. The maximum absolute atomic E-state index is 10.9. The molecule has 3 nitrogen and oxygen atoms in total.